The van der Waals surface area contributed by atoms with E-state index in [0.29, 0.717) is 10.7 Å². The first-order chi connectivity index (χ1) is 13.4. The number of carbonyl (C=O) groups excluding carboxylic acids is 2. The second kappa shape index (κ2) is 8.81. The van der Waals surface area contributed by atoms with E-state index < -0.39 is 12.0 Å². The van der Waals surface area contributed by atoms with E-state index in [-0.39, 0.29) is 23.9 Å². The van der Waals surface area contributed by atoms with Gasteiger partial charge in [-0.2, -0.15) is 0 Å². The Hall–Kier alpha value is -2.98. The predicted octanol–water partition coefficient (Wildman–Crippen LogP) is 1.78. The Bertz CT molecular complexity index is 870. The predicted molar refractivity (Wildman–Crippen MR) is 104 cm³/mol. The number of thiazole rings is 1. The molecule has 0 radical (unpaired) electrons. The molecular formula is C18H21N5O4S. The van der Waals surface area contributed by atoms with E-state index in [9.17, 15) is 19.5 Å². The van der Waals surface area contributed by atoms with Crippen LogP contribution in [-0.4, -0.2) is 58.0 Å². The first kappa shape index (κ1) is 19.8. The summed E-state index contributed by atoms with van der Waals surface area (Å²) in [5.41, 5.74) is 3.83. The minimum Gasteiger partial charge on any atom is -0.464 e. The number of hydrazine groups is 1. The summed E-state index contributed by atoms with van der Waals surface area (Å²) >= 11 is 1.26. The first-order valence-electron chi connectivity index (χ1n) is 8.76. The largest absolute Gasteiger partial charge is 0.464 e. The van der Waals surface area contributed by atoms with Crippen molar-refractivity contribution in [3.63, 3.8) is 0 Å². The minimum absolute atomic E-state index is 0.0966. The Morgan fingerprint density at radius 1 is 1.29 bits per heavy atom. The van der Waals surface area contributed by atoms with Gasteiger partial charge in [0.05, 0.1) is 12.2 Å². The number of fused-ring (bicyclic) bond motifs is 1. The van der Waals surface area contributed by atoms with Crippen molar-refractivity contribution in [3.05, 3.63) is 45.9 Å². The third kappa shape index (κ3) is 5.05. The fourth-order valence-corrected chi connectivity index (χ4v) is 3.83. The van der Waals surface area contributed by atoms with Crippen molar-refractivity contribution >= 4 is 34.9 Å². The van der Waals surface area contributed by atoms with Gasteiger partial charge in [0, 0.05) is 36.5 Å². The number of anilines is 1. The van der Waals surface area contributed by atoms with Crippen molar-refractivity contribution < 1.29 is 19.5 Å². The van der Waals surface area contributed by atoms with Crippen LogP contribution in [0.2, 0.25) is 0 Å². The van der Waals surface area contributed by atoms with Gasteiger partial charge in [0.25, 0.3) is 5.91 Å². The van der Waals surface area contributed by atoms with Crippen LogP contribution >= 0.6 is 11.3 Å². The van der Waals surface area contributed by atoms with Crippen LogP contribution in [0.5, 0.6) is 0 Å². The van der Waals surface area contributed by atoms with Gasteiger partial charge in [0.2, 0.25) is 5.91 Å². The lowest BCUT2D eigenvalue weighted by Crippen LogP contribution is -2.46. The van der Waals surface area contributed by atoms with Crippen molar-refractivity contribution in [2.75, 3.05) is 25.5 Å². The highest BCUT2D eigenvalue weighted by atomic mass is 32.1. The molecule has 3 amide bonds. The molecule has 1 aliphatic heterocycles. The molecule has 1 aromatic heterocycles. The number of para-hydroxylation sites is 1. The number of likely N-dealkylation sites (N-methyl/N-ethyl adjacent to an activating group) is 1. The van der Waals surface area contributed by atoms with Crippen molar-refractivity contribution in [2.24, 2.45) is 0 Å². The van der Waals surface area contributed by atoms with Crippen molar-refractivity contribution in [3.8, 4) is 0 Å². The molecule has 0 saturated heterocycles. The lowest BCUT2D eigenvalue weighted by Gasteiger charge is -2.20. The number of hydrogen-bond acceptors (Lipinski definition) is 6. The van der Waals surface area contributed by atoms with Gasteiger partial charge in [0.1, 0.15) is 0 Å². The Morgan fingerprint density at radius 3 is 2.75 bits per heavy atom. The highest BCUT2D eigenvalue weighted by molar-refractivity contribution is 7.13. The second-order valence-corrected chi connectivity index (χ2v) is 7.50. The third-order valence-corrected chi connectivity index (χ3v) is 5.28. The average Bonchev–Trinajstić information content (AvgIpc) is 3.08. The number of amides is 3. The van der Waals surface area contributed by atoms with E-state index >= 15 is 0 Å². The highest BCUT2D eigenvalue weighted by Gasteiger charge is 2.24. The Labute approximate surface area is 165 Å². The van der Waals surface area contributed by atoms with E-state index in [1.54, 1.807) is 24.3 Å². The molecule has 0 saturated carbocycles. The van der Waals surface area contributed by atoms with E-state index in [1.165, 1.54) is 11.3 Å². The quantitative estimate of drug-likeness (QED) is 0.656. The summed E-state index contributed by atoms with van der Waals surface area (Å²) in [4.78, 5) is 43.3. The number of rotatable bonds is 5. The third-order valence-electron chi connectivity index (χ3n) is 4.20. The molecule has 10 heteroatoms. The standard InChI is InChI=1S/C18H21N5O4S/c1-22-9-7-13-14(11-22)28-17(20-13)16(25)21-23(18(26)27)10-8-15(24)19-12-5-3-2-4-6-12/h2-6H,7-11H2,1H3,(H,19,24)(H,21,25)(H,26,27). The zero-order chi connectivity index (χ0) is 20.1. The Morgan fingerprint density at radius 2 is 2.04 bits per heavy atom. The highest BCUT2D eigenvalue weighted by Crippen LogP contribution is 2.24. The van der Waals surface area contributed by atoms with Gasteiger partial charge in [-0.15, -0.1) is 11.3 Å². The molecule has 2 aromatic rings. The number of carbonyl (C=O) groups is 3. The molecule has 148 valence electrons. The van der Waals surface area contributed by atoms with Crippen molar-refractivity contribution in [1.82, 2.24) is 20.3 Å². The van der Waals surface area contributed by atoms with E-state index in [4.69, 9.17) is 0 Å². The van der Waals surface area contributed by atoms with E-state index in [2.05, 4.69) is 20.6 Å². The van der Waals surface area contributed by atoms with E-state index in [0.717, 1.165) is 30.1 Å². The van der Waals surface area contributed by atoms with Crippen LogP contribution in [0.25, 0.3) is 0 Å². The molecule has 9 nitrogen and oxygen atoms in total. The zero-order valence-corrected chi connectivity index (χ0v) is 16.2. The van der Waals surface area contributed by atoms with E-state index in [1.807, 2.05) is 13.1 Å². The number of benzene rings is 1. The van der Waals surface area contributed by atoms with Crippen LogP contribution in [0, 0.1) is 0 Å². The summed E-state index contributed by atoms with van der Waals surface area (Å²) in [7, 11) is 2.00. The molecule has 0 spiro atoms. The van der Waals surface area contributed by atoms with Crippen LogP contribution in [0.15, 0.2) is 30.3 Å². The molecule has 0 bridgehead atoms. The fourth-order valence-electron chi connectivity index (χ4n) is 2.75. The molecule has 0 fully saturated rings. The second-order valence-electron chi connectivity index (χ2n) is 6.42. The summed E-state index contributed by atoms with van der Waals surface area (Å²) in [5, 5.41) is 12.9. The molecule has 3 N–H and O–H groups in total. The summed E-state index contributed by atoms with van der Waals surface area (Å²) in [6.45, 7) is 1.42. The van der Waals surface area contributed by atoms with Crippen molar-refractivity contribution in [2.45, 2.75) is 19.4 Å². The molecule has 0 atom stereocenters. The summed E-state index contributed by atoms with van der Waals surface area (Å²) in [6.07, 6.45) is -0.680. The molecule has 2 heterocycles. The monoisotopic (exact) mass is 403 g/mol. The van der Waals surface area contributed by atoms with Gasteiger partial charge in [-0.3, -0.25) is 15.0 Å². The van der Waals surface area contributed by atoms with Gasteiger partial charge in [0.15, 0.2) is 5.01 Å². The lowest BCUT2D eigenvalue weighted by molar-refractivity contribution is -0.116. The smallest absolute Gasteiger partial charge is 0.426 e. The Kier molecular flexibility index (Phi) is 6.22. The van der Waals surface area contributed by atoms with Crippen LogP contribution in [-0.2, 0) is 17.8 Å². The number of hydrogen-bond donors (Lipinski definition) is 3. The van der Waals surface area contributed by atoms with Gasteiger partial charge in [-0.05, 0) is 19.2 Å². The van der Waals surface area contributed by atoms with Gasteiger partial charge in [-0.25, -0.2) is 14.8 Å². The fraction of sp³-hybridized carbons (Fsp3) is 0.333. The zero-order valence-electron chi connectivity index (χ0n) is 15.3. The summed E-state index contributed by atoms with van der Waals surface area (Å²) < 4.78 is 0. The molecule has 28 heavy (non-hydrogen) atoms. The van der Waals surface area contributed by atoms with Crippen LogP contribution in [0.1, 0.15) is 26.8 Å². The Balaban J connectivity index is 1.56. The van der Waals surface area contributed by atoms with Crippen LogP contribution in [0.3, 0.4) is 0 Å². The maximum atomic E-state index is 12.4. The molecular weight excluding hydrogens is 382 g/mol. The number of nitrogens with zero attached hydrogens (tertiary/aromatic N) is 3. The summed E-state index contributed by atoms with van der Waals surface area (Å²) in [6, 6.07) is 8.86. The normalized spacial score (nSPS) is 13.5. The van der Waals surface area contributed by atoms with Gasteiger partial charge < -0.3 is 15.3 Å². The number of carboxylic acid groups (broad SMARTS) is 1. The van der Waals surface area contributed by atoms with Crippen molar-refractivity contribution in [1.29, 1.82) is 0 Å². The molecule has 0 unspecified atom stereocenters. The van der Waals surface area contributed by atoms with Crippen LogP contribution < -0.4 is 10.7 Å². The number of nitrogens with one attached hydrogen (secondary N) is 2. The minimum atomic E-state index is -1.35. The number of aromatic nitrogens is 1. The van der Waals surface area contributed by atoms with Gasteiger partial charge in [-0.1, -0.05) is 18.2 Å². The lowest BCUT2D eigenvalue weighted by atomic mass is 10.2. The van der Waals surface area contributed by atoms with Gasteiger partial charge >= 0.3 is 6.09 Å². The topological polar surface area (TPSA) is 115 Å². The SMILES string of the molecule is CN1CCc2nc(C(=O)NN(CCC(=O)Nc3ccccc3)C(=O)O)sc2C1. The average molecular weight is 403 g/mol. The maximum absolute atomic E-state index is 12.4. The summed E-state index contributed by atoms with van der Waals surface area (Å²) in [5.74, 6) is -0.938. The van der Waals surface area contributed by atoms with Crippen LogP contribution in [0.4, 0.5) is 10.5 Å². The molecule has 3 rings (SSSR count). The molecule has 0 aliphatic carbocycles. The first-order valence-corrected chi connectivity index (χ1v) is 9.57. The molecule has 1 aliphatic rings. The maximum Gasteiger partial charge on any atom is 0.426 e. The molecule has 1 aromatic carbocycles.